The first kappa shape index (κ1) is 12.9. The molecule has 0 aliphatic heterocycles. The highest BCUT2D eigenvalue weighted by Crippen LogP contribution is 2.24. The van der Waals surface area contributed by atoms with Gasteiger partial charge in [0.1, 0.15) is 5.82 Å². The summed E-state index contributed by atoms with van der Waals surface area (Å²) in [6.45, 7) is 3.31. The number of hydrogen-bond donors (Lipinski definition) is 1. The molecule has 0 fully saturated rings. The van der Waals surface area contributed by atoms with Gasteiger partial charge in [-0.2, -0.15) is 0 Å². The lowest BCUT2D eigenvalue weighted by molar-refractivity contribution is -0.153. The number of aryl methyl sites for hydroxylation is 1. The van der Waals surface area contributed by atoms with Gasteiger partial charge in [0.15, 0.2) is 6.10 Å². The van der Waals surface area contributed by atoms with Crippen LogP contribution in [0.15, 0.2) is 12.1 Å². The Kier molecular flexibility index (Phi) is 4.26. The van der Waals surface area contributed by atoms with Crippen LogP contribution in [0.1, 0.15) is 24.2 Å². The predicted molar refractivity (Wildman–Crippen MR) is 57.7 cm³/mol. The molecule has 0 aliphatic carbocycles. The topological polar surface area (TPSA) is 46.5 Å². The highest BCUT2D eigenvalue weighted by atomic mass is 35.5. The van der Waals surface area contributed by atoms with Crippen molar-refractivity contribution in [3.8, 4) is 0 Å². The zero-order chi connectivity index (χ0) is 12.3. The van der Waals surface area contributed by atoms with Crippen molar-refractivity contribution in [3.05, 3.63) is 34.1 Å². The molecule has 16 heavy (non-hydrogen) atoms. The summed E-state index contributed by atoms with van der Waals surface area (Å²) in [6.07, 6.45) is -1.43. The standard InChI is InChI=1S/C11H12ClFO3/c1-3-16-11(15)10(14)7-4-6(2)9(13)8(12)5-7/h4-5,10,14H,3H2,1-2H3. The fourth-order valence-corrected chi connectivity index (χ4v) is 1.54. The predicted octanol–water partition coefficient (Wildman–Crippen LogP) is 2.38. The summed E-state index contributed by atoms with van der Waals surface area (Å²) in [7, 11) is 0. The van der Waals surface area contributed by atoms with E-state index in [2.05, 4.69) is 4.74 Å². The summed E-state index contributed by atoms with van der Waals surface area (Å²) >= 11 is 5.61. The lowest BCUT2D eigenvalue weighted by Crippen LogP contribution is -2.15. The summed E-state index contributed by atoms with van der Waals surface area (Å²) in [5.41, 5.74) is 0.494. The summed E-state index contributed by atoms with van der Waals surface area (Å²) in [4.78, 5) is 11.2. The molecule has 0 saturated carbocycles. The zero-order valence-corrected chi connectivity index (χ0v) is 9.71. The van der Waals surface area contributed by atoms with E-state index in [-0.39, 0.29) is 22.8 Å². The molecule has 0 aliphatic rings. The van der Waals surface area contributed by atoms with Crippen LogP contribution in [0.3, 0.4) is 0 Å². The second-order valence-electron chi connectivity index (χ2n) is 3.29. The molecular formula is C11H12ClFO3. The largest absolute Gasteiger partial charge is 0.464 e. The summed E-state index contributed by atoms with van der Waals surface area (Å²) in [5, 5.41) is 9.48. The van der Waals surface area contributed by atoms with E-state index in [1.165, 1.54) is 19.1 Å². The maximum Gasteiger partial charge on any atom is 0.339 e. The van der Waals surface area contributed by atoms with Gasteiger partial charge in [0, 0.05) is 0 Å². The summed E-state index contributed by atoms with van der Waals surface area (Å²) in [5.74, 6) is -1.33. The molecule has 1 atom stereocenters. The molecule has 1 N–H and O–H groups in total. The molecule has 5 heteroatoms. The molecule has 0 amide bonds. The number of carbonyl (C=O) groups is 1. The van der Waals surface area contributed by atoms with Gasteiger partial charge in [-0.05, 0) is 37.1 Å². The Labute approximate surface area is 97.8 Å². The van der Waals surface area contributed by atoms with E-state index in [1.54, 1.807) is 6.92 Å². The van der Waals surface area contributed by atoms with Gasteiger partial charge in [-0.15, -0.1) is 0 Å². The molecule has 0 saturated heterocycles. The maximum atomic E-state index is 13.2. The van der Waals surface area contributed by atoms with E-state index < -0.39 is 17.9 Å². The van der Waals surface area contributed by atoms with Crippen molar-refractivity contribution >= 4 is 17.6 Å². The molecule has 1 aromatic rings. The minimum absolute atomic E-state index is 0.127. The Morgan fingerprint density at radius 1 is 1.62 bits per heavy atom. The minimum Gasteiger partial charge on any atom is -0.464 e. The number of carbonyl (C=O) groups excluding carboxylic acids is 1. The lowest BCUT2D eigenvalue weighted by atomic mass is 10.1. The molecule has 0 heterocycles. The van der Waals surface area contributed by atoms with E-state index in [0.29, 0.717) is 0 Å². The first-order chi connectivity index (χ1) is 7.47. The molecule has 88 valence electrons. The van der Waals surface area contributed by atoms with Crippen LogP contribution in [0.2, 0.25) is 5.02 Å². The van der Waals surface area contributed by atoms with Crippen LogP contribution in [-0.2, 0) is 9.53 Å². The van der Waals surface area contributed by atoms with E-state index in [9.17, 15) is 14.3 Å². The molecule has 0 bridgehead atoms. The third-order valence-electron chi connectivity index (χ3n) is 2.06. The van der Waals surface area contributed by atoms with Crippen LogP contribution in [0.5, 0.6) is 0 Å². The monoisotopic (exact) mass is 246 g/mol. The molecule has 0 aromatic heterocycles. The minimum atomic E-state index is -1.43. The van der Waals surface area contributed by atoms with Crippen LogP contribution in [0.25, 0.3) is 0 Å². The second-order valence-corrected chi connectivity index (χ2v) is 3.70. The van der Waals surface area contributed by atoms with Gasteiger partial charge in [-0.25, -0.2) is 9.18 Å². The molecule has 1 unspecified atom stereocenters. The Morgan fingerprint density at radius 3 is 2.75 bits per heavy atom. The molecule has 1 rings (SSSR count). The SMILES string of the molecule is CCOC(=O)C(O)c1cc(C)c(F)c(Cl)c1. The van der Waals surface area contributed by atoms with Crippen LogP contribution in [-0.4, -0.2) is 17.7 Å². The van der Waals surface area contributed by atoms with Gasteiger partial charge >= 0.3 is 5.97 Å². The van der Waals surface area contributed by atoms with Gasteiger partial charge in [0.25, 0.3) is 0 Å². The second kappa shape index (κ2) is 5.27. The summed E-state index contributed by atoms with van der Waals surface area (Å²) in [6, 6.07) is 2.58. The maximum absolute atomic E-state index is 13.2. The first-order valence-electron chi connectivity index (χ1n) is 4.77. The molecule has 3 nitrogen and oxygen atoms in total. The zero-order valence-electron chi connectivity index (χ0n) is 8.96. The lowest BCUT2D eigenvalue weighted by Gasteiger charge is -2.11. The Bertz CT molecular complexity index is 383. The van der Waals surface area contributed by atoms with Crippen molar-refractivity contribution in [1.82, 2.24) is 0 Å². The number of hydrogen-bond acceptors (Lipinski definition) is 3. The molecule has 1 aromatic carbocycles. The van der Waals surface area contributed by atoms with Crippen LogP contribution in [0.4, 0.5) is 4.39 Å². The number of aliphatic hydroxyl groups excluding tert-OH is 1. The normalized spacial score (nSPS) is 12.3. The molecular weight excluding hydrogens is 235 g/mol. The van der Waals surface area contributed by atoms with E-state index >= 15 is 0 Å². The van der Waals surface area contributed by atoms with Crippen molar-refractivity contribution in [3.63, 3.8) is 0 Å². The van der Waals surface area contributed by atoms with E-state index in [0.717, 1.165) is 0 Å². The number of ether oxygens (including phenoxy) is 1. The number of halogens is 2. The van der Waals surface area contributed by atoms with Crippen molar-refractivity contribution in [1.29, 1.82) is 0 Å². The number of aliphatic hydroxyl groups is 1. The van der Waals surface area contributed by atoms with Crippen molar-refractivity contribution in [2.24, 2.45) is 0 Å². The Balaban J connectivity index is 3.01. The highest BCUT2D eigenvalue weighted by molar-refractivity contribution is 6.30. The van der Waals surface area contributed by atoms with Crippen LogP contribution >= 0.6 is 11.6 Å². The average Bonchev–Trinajstić information content (AvgIpc) is 2.24. The quantitative estimate of drug-likeness (QED) is 0.833. The highest BCUT2D eigenvalue weighted by Gasteiger charge is 2.20. The third-order valence-corrected chi connectivity index (χ3v) is 2.33. The van der Waals surface area contributed by atoms with Crippen molar-refractivity contribution < 1.29 is 19.0 Å². The van der Waals surface area contributed by atoms with Gasteiger partial charge in [-0.3, -0.25) is 0 Å². The van der Waals surface area contributed by atoms with Crippen LogP contribution < -0.4 is 0 Å². The Hall–Kier alpha value is -1.13. The molecule has 0 spiro atoms. The Morgan fingerprint density at radius 2 is 2.25 bits per heavy atom. The molecule has 0 radical (unpaired) electrons. The number of rotatable bonds is 3. The van der Waals surface area contributed by atoms with Gasteiger partial charge in [-0.1, -0.05) is 11.6 Å². The van der Waals surface area contributed by atoms with Crippen LogP contribution in [0, 0.1) is 12.7 Å². The van der Waals surface area contributed by atoms with Gasteiger partial charge in [0.05, 0.1) is 11.6 Å². The number of esters is 1. The smallest absolute Gasteiger partial charge is 0.339 e. The summed E-state index contributed by atoms with van der Waals surface area (Å²) < 4.78 is 17.8. The fourth-order valence-electron chi connectivity index (χ4n) is 1.27. The fraction of sp³-hybridized carbons (Fsp3) is 0.364. The third kappa shape index (κ3) is 2.71. The number of benzene rings is 1. The van der Waals surface area contributed by atoms with Gasteiger partial charge < -0.3 is 9.84 Å². The van der Waals surface area contributed by atoms with Gasteiger partial charge in [0.2, 0.25) is 0 Å². The van der Waals surface area contributed by atoms with E-state index in [4.69, 9.17) is 11.6 Å². The first-order valence-corrected chi connectivity index (χ1v) is 5.15. The van der Waals surface area contributed by atoms with Crippen molar-refractivity contribution in [2.45, 2.75) is 20.0 Å². The van der Waals surface area contributed by atoms with Crippen molar-refractivity contribution in [2.75, 3.05) is 6.61 Å². The average molecular weight is 247 g/mol. The van der Waals surface area contributed by atoms with E-state index in [1.807, 2.05) is 0 Å².